The molecule has 2 unspecified atom stereocenters. The van der Waals surface area contributed by atoms with E-state index in [0.717, 1.165) is 54.4 Å². The molecule has 0 radical (unpaired) electrons. The van der Waals surface area contributed by atoms with Gasteiger partial charge in [-0.25, -0.2) is 9.50 Å². The SMILES string of the molecule is Cc1ccc2cc1-c1cnn3ccc(nc13)N(C)C1CCN(CCO2)C1. The molecule has 4 heterocycles. The van der Waals surface area contributed by atoms with E-state index in [0.29, 0.717) is 12.6 Å². The van der Waals surface area contributed by atoms with Crippen molar-refractivity contribution in [1.29, 1.82) is 0 Å². The van der Waals surface area contributed by atoms with Gasteiger partial charge in [0.25, 0.3) is 0 Å². The van der Waals surface area contributed by atoms with Gasteiger partial charge >= 0.3 is 0 Å². The highest BCUT2D eigenvalue weighted by atomic mass is 16.5. The minimum Gasteiger partial charge on any atom is -0.492 e. The molecule has 2 aromatic heterocycles. The Balaban J connectivity index is 1.69. The van der Waals surface area contributed by atoms with Gasteiger partial charge in [-0.1, -0.05) is 6.07 Å². The minimum absolute atomic E-state index is 0.485. The maximum absolute atomic E-state index is 6.05. The monoisotopic (exact) mass is 349 g/mol. The summed E-state index contributed by atoms with van der Waals surface area (Å²) in [6, 6.07) is 8.82. The summed E-state index contributed by atoms with van der Waals surface area (Å²) in [5.74, 6) is 1.92. The molecule has 2 atom stereocenters. The maximum atomic E-state index is 6.05. The van der Waals surface area contributed by atoms with Crippen molar-refractivity contribution >= 4 is 11.5 Å². The van der Waals surface area contributed by atoms with Crippen molar-refractivity contribution in [3.05, 3.63) is 42.2 Å². The highest BCUT2D eigenvalue weighted by Crippen LogP contribution is 2.31. The molecule has 1 aromatic carbocycles. The number of rotatable bonds is 0. The molecule has 1 fully saturated rings. The standard InChI is InChI=1S/C20H23N5O/c1-14-3-4-16-11-17(14)18-12-21-25-8-6-19(22-20(18)25)23(2)15-5-7-24(13-15)9-10-26-16/h3-4,6,8,11-12,15H,5,7,9-10,13H2,1-2H3. The fraction of sp³-hybridized carbons (Fsp3) is 0.400. The molecule has 2 aliphatic rings. The average molecular weight is 349 g/mol. The van der Waals surface area contributed by atoms with E-state index in [1.54, 1.807) is 0 Å². The Bertz CT molecular complexity index is 966. The molecule has 26 heavy (non-hydrogen) atoms. The van der Waals surface area contributed by atoms with E-state index in [1.807, 2.05) is 16.9 Å². The number of likely N-dealkylation sites (N-methyl/N-ethyl adjacent to an activating group) is 1. The van der Waals surface area contributed by atoms with Crippen LogP contribution in [0.15, 0.2) is 36.7 Å². The Kier molecular flexibility index (Phi) is 3.60. The Hall–Kier alpha value is -2.60. The summed E-state index contributed by atoms with van der Waals surface area (Å²) in [5.41, 5.74) is 4.27. The van der Waals surface area contributed by atoms with Crippen LogP contribution in [0.4, 0.5) is 5.82 Å². The van der Waals surface area contributed by atoms with Gasteiger partial charge in [0.15, 0.2) is 5.65 Å². The molecule has 0 spiro atoms. The zero-order valence-corrected chi connectivity index (χ0v) is 15.2. The van der Waals surface area contributed by atoms with Crippen LogP contribution in [0, 0.1) is 6.92 Å². The highest BCUT2D eigenvalue weighted by molar-refractivity contribution is 5.80. The predicted octanol–water partition coefficient (Wildman–Crippen LogP) is 2.61. The normalized spacial score (nSPS) is 22.5. The van der Waals surface area contributed by atoms with Crippen molar-refractivity contribution in [2.24, 2.45) is 0 Å². The van der Waals surface area contributed by atoms with Gasteiger partial charge in [-0.2, -0.15) is 5.10 Å². The Morgan fingerprint density at radius 2 is 2.08 bits per heavy atom. The molecule has 0 aliphatic carbocycles. The summed E-state index contributed by atoms with van der Waals surface area (Å²) in [7, 11) is 2.15. The molecule has 6 heteroatoms. The van der Waals surface area contributed by atoms with Crippen molar-refractivity contribution < 1.29 is 4.74 Å². The van der Waals surface area contributed by atoms with E-state index in [-0.39, 0.29) is 0 Å². The lowest BCUT2D eigenvalue weighted by Gasteiger charge is -2.26. The second kappa shape index (κ2) is 5.99. The molecule has 6 bridgehead atoms. The number of aryl methyl sites for hydroxylation is 1. The van der Waals surface area contributed by atoms with Gasteiger partial charge in [0.2, 0.25) is 0 Å². The van der Waals surface area contributed by atoms with E-state index >= 15 is 0 Å². The van der Waals surface area contributed by atoms with E-state index in [9.17, 15) is 0 Å². The lowest BCUT2D eigenvalue weighted by atomic mass is 10.0. The second-order valence-corrected chi connectivity index (χ2v) is 7.29. The van der Waals surface area contributed by atoms with Crippen LogP contribution in [0.25, 0.3) is 16.8 Å². The first-order chi connectivity index (χ1) is 12.7. The van der Waals surface area contributed by atoms with Crippen LogP contribution in [0.3, 0.4) is 0 Å². The van der Waals surface area contributed by atoms with Crippen molar-refractivity contribution in [3.63, 3.8) is 0 Å². The molecule has 6 nitrogen and oxygen atoms in total. The Morgan fingerprint density at radius 3 is 3.00 bits per heavy atom. The largest absolute Gasteiger partial charge is 0.492 e. The topological polar surface area (TPSA) is 45.9 Å². The summed E-state index contributed by atoms with van der Waals surface area (Å²) in [6.45, 7) is 5.95. The average Bonchev–Trinajstić information content (AvgIpc) is 3.28. The van der Waals surface area contributed by atoms with Gasteiger partial charge in [0.05, 0.1) is 6.20 Å². The van der Waals surface area contributed by atoms with Crippen LogP contribution in [0.2, 0.25) is 0 Å². The van der Waals surface area contributed by atoms with E-state index in [1.165, 1.54) is 5.56 Å². The van der Waals surface area contributed by atoms with Crippen LogP contribution >= 0.6 is 0 Å². The summed E-state index contributed by atoms with van der Waals surface area (Å²) in [6.07, 6.45) is 5.07. The summed E-state index contributed by atoms with van der Waals surface area (Å²) >= 11 is 0. The van der Waals surface area contributed by atoms with E-state index < -0.39 is 0 Å². The molecular weight excluding hydrogens is 326 g/mol. The van der Waals surface area contributed by atoms with Crippen LogP contribution in [-0.2, 0) is 0 Å². The van der Waals surface area contributed by atoms with Crippen LogP contribution in [0.1, 0.15) is 12.0 Å². The summed E-state index contributed by atoms with van der Waals surface area (Å²) in [4.78, 5) is 9.75. The molecule has 3 aromatic rings. The summed E-state index contributed by atoms with van der Waals surface area (Å²) in [5, 5.41) is 4.50. The van der Waals surface area contributed by atoms with Crippen LogP contribution < -0.4 is 9.64 Å². The smallest absolute Gasteiger partial charge is 0.165 e. The number of benzene rings is 1. The number of hydrogen-bond acceptors (Lipinski definition) is 5. The number of hydrogen-bond donors (Lipinski definition) is 0. The number of aromatic nitrogens is 3. The molecule has 0 amide bonds. The fourth-order valence-corrected chi connectivity index (χ4v) is 4.04. The molecule has 0 N–H and O–H groups in total. The first-order valence-electron chi connectivity index (χ1n) is 9.22. The van der Waals surface area contributed by atoms with Gasteiger partial charge in [-0.05, 0) is 42.7 Å². The van der Waals surface area contributed by atoms with Crippen molar-refractivity contribution in [2.45, 2.75) is 19.4 Å². The molecule has 5 rings (SSSR count). The Morgan fingerprint density at radius 1 is 1.15 bits per heavy atom. The number of ether oxygens (including phenoxy) is 1. The van der Waals surface area contributed by atoms with Gasteiger partial charge < -0.3 is 9.64 Å². The number of nitrogens with zero attached hydrogens (tertiary/aromatic N) is 5. The zero-order chi connectivity index (χ0) is 17.7. The first-order valence-corrected chi connectivity index (χ1v) is 9.22. The fourth-order valence-electron chi connectivity index (χ4n) is 4.04. The highest BCUT2D eigenvalue weighted by Gasteiger charge is 2.27. The predicted molar refractivity (Wildman–Crippen MR) is 102 cm³/mol. The quantitative estimate of drug-likeness (QED) is 0.624. The third-order valence-corrected chi connectivity index (χ3v) is 5.69. The van der Waals surface area contributed by atoms with Crippen LogP contribution in [0.5, 0.6) is 5.75 Å². The Labute approximate surface area is 153 Å². The molecule has 1 saturated heterocycles. The molecular formula is C20H23N5O. The number of fused-ring (bicyclic) bond motifs is 6. The van der Waals surface area contributed by atoms with Crippen LogP contribution in [-0.4, -0.2) is 58.8 Å². The zero-order valence-electron chi connectivity index (χ0n) is 15.2. The lowest BCUT2D eigenvalue weighted by molar-refractivity contribution is 0.236. The van der Waals surface area contributed by atoms with Crippen molar-refractivity contribution in [3.8, 4) is 16.9 Å². The lowest BCUT2D eigenvalue weighted by Crippen LogP contribution is -2.36. The second-order valence-electron chi connectivity index (χ2n) is 7.29. The molecule has 0 saturated carbocycles. The van der Waals surface area contributed by atoms with Gasteiger partial charge in [0.1, 0.15) is 18.2 Å². The van der Waals surface area contributed by atoms with Crippen molar-refractivity contribution in [2.75, 3.05) is 38.2 Å². The van der Waals surface area contributed by atoms with E-state index in [2.05, 4.69) is 53.1 Å². The van der Waals surface area contributed by atoms with Gasteiger partial charge in [0, 0.05) is 44.5 Å². The summed E-state index contributed by atoms with van der Waals surface area (Å²) < 4.78 is 7.90. The van der Waals surface area contributed by atoms with E-state index in [4.69, 9.17) is 9.72 Å². The molecule has 134 valence electrons. The number of anilines is 1. The van der Waals surface area contributed by atoms with Gasteiger partial charge in [-0.3, -0.25) is 4.90 Å². The minimum atomic E-state index is 0.485. The third-order valence-electron chi connectivity index (χ3n) is 5.69. The molecule has 2 aliphatic heterocycles. The first kappa shape index (κ1) is 15.6. The van der Waals surface area contributed by atoms with Crippen molar-refractivity contribution in [1.82, 2.24) is 19.5 Å². The maximum Gasteiger partial charge on any atom is 0.165 e. The third kappa shape index (κ3) is 2.52. The van der Waals surface area contributed by atoms with Gasteiger partial charge in [-0.15, -0.1) is 0 Å².